The lowest BCUT2D eigenvalue weighted by Gasteiger charge is -2.14. The van der Waals surface area contributed by atoms with Crippen molar-refractivity contribution >= 4 is 0 Å². The molecule has 3 nitrogen and oxygen atoms in total. The van der Waals surface area contributed by atoms with Crippen LogP contribution in [0.2, 0.25) is 0 Å². The van der Waals surface area contributed by atoms with E-state index in [-0.39, 0.29) is 6.04 Å². The van der Waals surface area contributed by atoms with Crippen molar-refractivity contribution < 1.29 is 9.47 Å². The molecule has 0 aliphatic heterocycles. The summed E-state index contributed by atoms with van der Waals surface area (Å²) in [5.74, 6) is 1.49. The van der Waals surface area contributed by atoms with E-state index in [0.29, 0.717) is 6.61 Å². The minimum absolute atomic E-state index is 0.187. The SMILES string of the molecule is C=C(C)COc1cc(CC(N)CC)ccc1OC. The van der Waals surface area contributed by atoms with Gasteiger partial charge in [-0.1, -0.05) is 19.6 Å². The predicted octanol–water partition coefficient (Wildman–Crippen LogP) is 2.93. The van der Waals surface area contributed by atoms with Gasteiger partial charge in [0.15, 0.2) is 11.5 Å². The van der Waals surface area contributed by atoms with Gasteiger partial charge in [-0.25, -0.2) is 0 Å². The lowest BCUT2D eigenvalue weighted by molar-refractivity contribution is 0.319. The second kappa shape index (κ2) is 7.07. The Hall–Kier alpha value is -1.48. The molecule has 0 radical (unpaired) electrons. The minimum Gasteiger partial charge on any atom is -0.493 e. The van der Waals surface area contributed by atoms with Crippen LogP contribution in [0.15, 0.2) is 30.4 Å². The Bertz CT molecular complexity index is 401. The van der Waals surface area contributed by atoms with Crippen LogP contribution in [-0.4, -0.2) is 19.8 Å². The Morgan fingerprint density at radius 3 is 2.67 bits per heavy atom. The second-order valence-corrected chi connectivity index (χ2v) is 4.60. The molecule has 1 aromatic carbocycles. The van der Waals surface area contributed by atoms with Crippen LogP contribution in [-0.2, 0) is 6.42 Å². The van der Waals surface area contributed by atoms with E-state index in [1.165, 1.54) is 5.56 Å². The summed E-state index contributed by atoms with van der Waals surface area (Å²) in [6, 6.07) is 6.14. The fraction of sp³-hybridized carbons (Fsp3) is 0.467. The number of benzene rings is 1. The van der Waals surface area contributed by atoms with Crippen molar-refractivity contribution in [2.45, 2.75) is 32.7 Å². The highest BCUT2D eigenvalue weighted by molar-refractivity contribution is 5.43. The van der Waals surface area contributed by atoms with Crippen molar-refractivity contribution in [3.8, 4) is 11.5 Å². The minimum atomic E-state index is 0.187. The lowest BCUT2D eigenvalue weighted by atomic mass is 10.0. The largest absolute Gasteiger partial charge is 0.493 e. The number of hydrogen-bond donors (Lipinski definition) is 1. The van der Waals surface area contributed by atoms with Gasteiger partial charge in [-0.05, 0) is 43.0 Å². The molecule has 100 valence electrons. The van der Waals surface area contributed by atoms with Crippen molar-refractivity contribution in [2.24, 2.45) is 5.73 Å². The molecule has 0 amide bonds. The van der Waals surface area contributed by atoms with E-state index in [0.717, 1.165) is 29.9 Å². The van der Waals surface area contributed by atoms with Crippen LogP contribution in [0, 0.1) is 0 Å². The average molecular weight is 249 g/mol. The molecular formula is C15H23NO2. The summed E-state index contributed by atoms with van der Waals surface area (Å²) in [6.45, 7) is 8.35. The van der Waals surface area contributed by atoms with Gasteiger partial charge < -0.3 is 15.2 Å². The molecule has 0 aromatic heterocycles. The van der Waals surface area contributed by atoms with E-state index in [2.05, 4.69) is 13.5 Å². The van der Waals surface area contributed by atoms with Crippen molar-refractivity contribution in [1.29, 1.82) is 0 Å². The fourth-order valence-corrected chi connectivity index (χ4v) is 1.61. The fourth-order valence-electron chi connectivity index (χ4n) is 1.61. The molecule has 1 unspecified atom stereocenters. The molecule has 1 atom stereocenters. The Balaban J connectivity index is 2.83. The van der Waals surface area contributed by atoms with Crippen LogP contribution in [0.5, 0.6) is 11.5 Å². The first-order valence-electron chi connectivity index (χ1n) is 6.26. The smallest absolute Gasteiger partial charge is 0.161 e. The normalized spacial score (nSPS) is 12.0. The lowest BCUT2D eigenvalue weighted by Crippen LogP contribution is -2.21. The van der Waals surface area contributed by atoms with Crippen molar-refractivity contribution in [3.63, 3.8) is 0 Å². The molecule has 1 rings (SSSR count). The molecule has 0 aliphatic rings. The summed E-state index contributed by atoms with van der Waals surface area (Å²) in [6.07, 6.45) is 1.82. The Kier molecular flexibility index (Phi) is 5.72. The molecule has 2 N–H and O–H groups in total. The van der Waals surface area contributed by atoms with Crippen LogP contribution in [0.4, 0.5) is 0 Å². The van der Waals surface area contributed by atoms with E-state index in [9.17, 15) is 0 Å². The summed E-state index contributed by atoms with van der Waals surface area (Å²) in [5.41, 5.74) is 8.11. The highest BCUT2D eigenvalue weighted by Gasteiger charge is 2.08. The monoisotopic (exact) mass is 249 g/mol. The Labute approximate surface area is 110 Å². The molecule has 0 saturated carbocycles. The second-order valence-electron chi connectivity index (χ2n) is 4.60. The zero-order valence-corrected chi connectivity index (χ0v) is 11.5. The van der Waals surface area contributed by atoms with Gasteiger partial charge >= 0.3 is 0 Å². The summed E-state index contributed by atoms with van der Waals surface area (Å²) in [4.78, 5) is 0. The van der Waals surface area contributed by atoms with E-state index >= 15 is 0 Å². The third kappa shape index (κ3) is 4.41. The topological polar surface area (TPSA) is 44.5 Å². The first kappa shape index (κ1) is 14.6. The van der Waals surface area contributed by atoms with Gasteiger partial charge in [0.1, 0.15) is 6.61 Å². The molecule has 0 fully saturated rings. The summed E-state index contributed by atoms with van der Waals surface area (Å²) < 4.78 is 11.0. The Morgan fingerprint density at radius 2 is 2.11 bits per heavy atom. The molecule has 0 heterocycles. The first-order valence-corrected chi connectivity index (χ1v) is 6.26. The maximum Gasteiger partial charge on any atom is 0.161 e. The van der Waals surface area contributed by atoms with Crippen LogP contribution < -0.4 is 15.2 Å². The van der Waals surface area contributed by atoms with Crippen molar-refractivity contribution in [1.82, 2.24) is 0 Å². The zero-order valence-electron chi connectivity index (χ0n) is 11.5. The van der Waals surface area contributed by atoms with Gasteiger partial charge in [-0.3, -0.25) is 0 Å². The highest BCUT2D eigenvalue weighted by atomic mass is 16.5. The Morgan fingerprint density at radius 1 is 1.39 bits per heavy atom. The van der Waals surface area contributed by atoms with Crippen molar-refractivity contribution in [2.75, 3.05) is 13.7 Å². The third-order valence-corrected chi connectivity index (χ3v) is 2.72. The maximum atomic E-state index is 5.96. The van der Waals surface area contributed by atoms with Crippen LogP contribution in [0.1, 0.15) is 25.8 Å². The van der Waals surface area contributed by atoms with Crippen LogP contribution in [0.3, 0.4) is 0 Å². The molecule has 3 heteroatoms. The molecule has 18 heavy (non-hydrogen) atoms. The average Bonchev–Trinajstić information content (AvgIpc) is 2.36. The third-order valence-electron chi connectivity index (χ3n) is 2.72. The summed E-state index contributed by atoms with van der Waals surface area (Å²) in [7, 11) is 1.64. The van der Waals surface area contributed by atoms with E-state index in [1.54, 1.807) is 7.11 Å². The van der Waals surface area contributed by atoms with Crippen molar-refractivity contribution in [3.05, 3.63) is 35.9 Å². The number of nitrogens with two attached hydrogens (primary N) is 1. The summed E-state index contributed by atoms with van der Waals surface area (Å²) in [5, 5.41) is 0. The van der Waals surface area contributed by atoms with Gasteiger partial charge in [0, 0.05) is 6.04 Å². The van der Waals surface area contributed by atoms with Gasteiger partial charge in [0.2, 0.25) is 0 Å². The number of rotatable bonds is 7. The van der Waals surface area contributed by atoms with Gasteiger partial charge in [0.25, 0.3) is 0 Å². The van der Waals surface area contributed by atoms with E-state index in [1.807, 2.05) is 25.1 Å². The first-order chi connectivity index (χ1) is 8.56. The quantitative estimate of drug-likeness (QED) is 0.756. The molecule has 1 aromatic rings. The zero-order chi connectivity index (χ0) is 13.5. The van der Waals surface area contributed by atoms with Gasteiger partial charge in [0.05, 0.1) is 7.11 Å². The van der Waals surface area contributed by atoms with Gasteiger partial charge in [-0.15, -0.1) is 0 Å². The molecule has 0 aliphatic carbocycles. The predicted molar refractivity (Wildman–Crippen MR) is 75.3 cm³/mol. The molecule has 0 saturated heterocycles. The maximum absolute atomic E-state index is 5.96. The molecule has 0 spiro atoms. The van der Waals surface area contributed by atoms with Crippen LogP contribution in [0.25, 0.3) is 0 Å². The van der Waals surface area contributed by atoms with Crippen LogP contribution >= 0.6 is 0 Å². The number of methoxy groups -OCH3 is 1. The standard InChI is InChI=1S/C15H23NO2/c1-5-13(16)8-12-6-7-14(17-4)15(9-12)18-10-11(2)3/h6-7,9,13H,2,5,8,10,16H2,1,3-4H3. The molecular weight excluding hydrogens is 226 g/mol. The molecule has 0 bridgehead atoms. The van der Waals surface area contributed by atoms with E-state index in [4.69, 9.17) is 15.2 Å². The summed E-state index contributed by atoms with van der Waals surface area (Å²) >= 11 is 0. The highest BCUT2D eigenvalue weighted by Crippen LogP contribution is 2.28. The number of hydrogen-bond acceptors (Lipinski definition) is 3. The van der Waals surface area contributed by atoms with E-state index < -0.39 is 0 Å². The van der Waals surface area contributed by atoms with Gasteiger partial charge in [-0.2, -0.15) is 0 Å². The number of ether oxygens (including phenoxy) is 2.